The maximum Gasteiger partial charge on any atom is 0.239 e. The average Bonchev–Trinajstić information content (AvgIpc) is 2.75. The number of carbonyl (C=O) groups is 2. The van der Waals surface area contributed by atoms with E-state index >= 15 is 0 Å². The normalized spacial score (nSPS) is 11.9. The Balaban J connectivity index is 1.91. The van der Waals surface area contributed by atoms with Gasteiger partial charge >= 0.3 is 0 Å². The second-order valence-electron chi connectivity index (χ2n) is 7.92. The molecule has 0 fully saturated rings. The summed E-state index contributed by atoms with van der Waals surface area (Å²) in [5.74, 6) is -0.297. The number of unbranched alkanes of at least 4 members (excludes halogenated alkanes) is 2. The summed E-state index contributed by atoms with van der Waals surface area (Å²) in [6.45, 7) is 6.82. The van der Waals surface area contributed by atoms with Crippen molar-refractivity contribution in [1.82, 2.24) is 16.0 Å². The third-order valence-electron chi connectivity index (χ3n) is 4.88. The fourth-order valence-corrected chi connectivity index (χ4v) is 3.29. The van der Waals surface area contributed by atoms with Gasteiger partial charge in [-0.05, 0) is 29.5 Å². The minimum absolute atomic E-state index is 0.00811. The number of benzene rings is 2. The zero-order valence-corrected chi connectivity index (χ0v) is 18.4. The minimum Gasteiger partial charge on any atom is -0.355 e. The van der Waals surface area contributed by atoms with E-state index in [-0.39, 0.29) is 30.4 Å². The second kappa shape index (κ2) is 12.8. The quantitative estimate of drug-likeness (QED) is 0.468. The van der Waals surface area contributed by atoms with Crippen LogP contribution >= 0.6 is 0 Å². The predicted molar refractivity (Wildman–Crippen MR) is 123 cm³/mol. The molecule has 30 heavy (non-hydrogen) atoms. The van der Waals surface area contributed by atoms with Crippen molar-refractivity contribution in [3.8, 4) is 11.1 Å². The molecule has 2 aromatic rings. The Bertz CT molecular complexity index is 773. The van der Waals surface area contributed by atoms with Gasteiger partial charge in [-0.15, -0.1) is 0 Å². The number of carbonyl (C=O) groups excluding carboxylic acids is 2. The molecule has 5 heteroatoms. The first-order valence-electron chi connectivity index (χ1n) is 10.9. The Labute approximate surface area is 180 Å². The lowest BCUT2D eigenvalue weighted by atomic mass is 10.00. The summed E-state index contributed by atoms with van der Waals surface area (Å²) in [7, 11) is 0. The van der Waals surface area contributed by atoms with Crippen molar-refractivity contribution in [2.24, 2.45) is 0 Å². The minimum atomic E-state index is -0.388. The van der Waals surface area contributed by atoms with Gasteiger partial charge in [0.25, 0.3) is 0 Å². The SMILES string of the molecule is CCCCCNC(=O)CNC(=O)C(Cc1ccc(-c2ccccc2)cc1)NC(C)C. The van der Waals surface area contributed by atoms with E-state index in [0.717, 1.165) is 30.4 Å². The van der Waals surface area contributed by atoms with E-state index in [0.29, 0.717) is 13.0 Å². The number of amides is 2. The highest BCUT2D eigenvalue weighted by Gasteiger charge is 2.20. The molecule has 2 rings (SSSR count). The molecule has 0 aliphatic carbocycles. The van der Waals surface area contributed by atoms with Crippen molar-refractivity contribution in [3.05, 3.63) is 60.2 Å². The molecule has 162 valence electrons. The molecule has 0 radical (unpaired) electrons. The smallest absolute Gasteiger partial charge is 0.239 e. The molecular formula is C25H35N3O2. The molecule has 1 atom stereocenters. The summed E-state index contributed by atoms with van der Waals surface area (Å²) in [4.78, 5) is 24.6. The Kier molecular flexibility index (Phi) is 10.1. The summed E-state index contributed by atoms with van der Waals surface area (Å²) >= 11 is 0. The van der Waals surface area contributed by atoms with Crippen molar-refractivity contribution in [2.75, 3.05) is 13.1 Å². The van der Waals surface area contributed by atoms with Gasteiger partial charge in [0.15, 0.2) is 0 Å². The van der Waals surface area contributed by atoms with Crippen molar-refractivity contribution in [2.45, 2.75) is 58.5 Å². The molecule has 0 saturated carbocycles. The standard InChI is InChI=1S/C25H35N3O2/c1-4-5-9-16-26-24(29)18-27-25(30)23(28-19(2)3)17-20-12-14-22(15-13-20)21-10-7-6-8-11-21/h6-8,10-15,19,23,28H,4-5,9,16-18H2,1-3H3,(H,26,29)(H,27,30). The van der Waals surface area contributed by atoms with Crippen LogP contribution in [0.1, 0.15) is 45.6 Å². The highest BCUT2D eigenvalue weighted by Crippen LogP contribution is 2.19. The summed E-state index contributed by atoms with van der Waals surface area (Å²) in [6.07, 6.45) is 3.74. The molecular weight excluding hydrogens is 374 g/mol. The third-order valence-corrected chi connectivity index (χ3v) is 4.88. The van der Waals surface area contributed by atoms with Gasteiger partial charge in [0, 0.05) is 12.6 Å². The van der Waals surface area contributed by atoms with Crippen molar-refractivity contribution < 1.29 is 9.59 Å². The predicted octanol–water partition coefficient (Wildman–Crippen LogP) is 3.69. The maximum atomic E-state index is 12.7. The first-order valence-corrected chi connectivity index (χ1v) is 10.9. The first-order chi connectivity index (χ1) is 14.5. The molecule has 3 N–H and O–H groups in total. The Morgan fingerprint density at radius 1 is 0.867 bits per heavy atom. The van der Waals surface area contributed by atoms with E-state index in [9.17, 15) is 9.59 Å². The van der Waals surface area contributed by atoms with Crippen LogP contribution < -0.4 is 16.0 Å². The number of nitrogens with one attached hydrogen (secondary N) is 3. The number of hydrogen-bond acceptors (Lipinski definition) is 3. The summed E-state index contributed by atoms with van der Waals surface area (Å²) in [6, 6.07) is 18.3. The molecule has 0 aromatic heterocycles. The summed E-state index contributed by atoms with van der Waals surface area (Å²) in [5, 5.41) is 8.94. The van der Waals surface area contributed by atoms with Crippen molar-refractivity contribution in [1.29, 1.82) is 0 Å². The Hall–Kier alpha value is -2.66. The number of hydrogen-bond donors (Lipinski definition) is 3. The van der Waals surface area contributed by atoms with Crippen LogP contribution in [0.3, 0.4) is 0 Å². The van der Waals surface area contributed by atoms with E-state index in [1.54, 1.807) is 0 Å². The van der Waals surface area contributed by atoms with E-state index in [4.69, 9.17) is 0 Å². The lowest BCUT2D eigenvalue weighted by Gasteiger charge is -2.21. The van der Waals surface area contributed by atoms with Gasteiger partial charge in [-0.3, -0.25) is 9.59 Å². The Morgan fingerprint density at radius 3 is 2.17 bits per heavy atom. The van der Waals surface area contributed by atoms with Crippen LogP contribution in [0, 0.1) is 0 Å². The van der Waals surface area contributed by atoms with Crippen LogP contribution in [0.5, 0.6) is 0 Å². The highest BCUT2D eigenvalue weighted by atomic mass is 16.2. The summed E-state index contributed by atoms with van der Waals surface area (Å²) < 4.78 is 0. The van der Waals surface area contributed by atoms with Crippen LogP contribution in [0.15, 0.2) is 54.6 Å². The third kappa shape index (κ3) is 8.37. The number of rotatable bonds is 12. The first kappa shape index (κ1) is 23.6. The van der Waals surface area contributed by atoms with Crippen LogP contribution in [0.4, 0.5) is 0 Å². The van der Waals surface area contributed by atoms with Crippen LogP contribution in [-0.2, 0) is 16.0 Å². The zero-order chi connectivity index (χ0) is 21.8. The molecule has 2 aromatic carbocycles. The fraction of sp³-hybridized carbons (Fsp3) is 0.440. The van der Waals surface area contributed by atoms with Gasteiger partial charge in [0.05, 0.1) is 12.6 Å². The largest absolute Gasteiger partial charge is 0.355 e. The lowest BCUT2D eigenvalue weighted by Crippen LogP contribution is -2.50. The maximum absolute atomic E-state index is 12.7. The molecule has 0 bridgehead atoms. The van der Waals surface area contributed by atoms with Gasteiger partial charge in [0.1, 0.15) is 0 Å². The van der Waals surface area contributed by atoms with E-state index < -0.39 is 0 Å². The van der Waals surface area contributed by atoms with Crippen LogP contribution in [0.25, 0.3) is 11.1 Å². The molecule has 1 unspecified atom stereocenters. The zero-order valence-electron chi connectivity index (χ0n) is 18.4. The molecule has 2 amide bonds. The van der Waals surface area contributed by atoms with E-state index in [1.165, 1.54) is 5.56 Å². The van der Waals surface area contributed by atoms with E-state index in [1.807, 2.05) is 32.0 Å². The highest BCUT2D eigenvalue weighted by molar-refractivity contribution is 5.87. The molecule has 0 aliphatic rings. The molecule has 5 nitrogen and oxygen atoms in total. The molecule has 0 aliphatic heterocycles. The van der Waals surface area contributed by atoms with Crippen molar-refractivity contribution >= 4 is 11.8 Å². The average molecular weight is 410 g/mol. The molecule has 0 saturated heterocycles. The van der Waals surface area contributed by atoms with Gasteiger partial charge < -0.3 is 16.0 Å². The van der Waals surface area contributed by atoms with Gasteiger partial charge in [0.2, 0.25) is 11.8 Å². The summed E-state index contributed by atoms with van der Waals surface area (Å²) in [5.41, 5.74) is 3.40. The van der Waals surface area contributed by atoms with Gasteiger partial charge in [-0.2, -0.15) is 0 Å². The van der Waals surface area contributed by atoms with E-state index in [2.05, 4.69) is 59.3 Å². The lowest BCUT2D eigenvalue weighted by molar-refractivity contribution is -0.127. The van der Waals surface area contributed by atoms with Crippen LogP contribution in [-0.4, -0.2) is 37.0 Å². The molecule has 0 heterocycles. The van der Waals surface area contributed by atoms with Gasteiger partial charge in [-0.1, -0.05) is 88.2 Å². The van der Waals surface area contributed by atoms with Crippen molar-refractivity contribution in [3.63, 3.8) is 0 Å². The van der Waals surface area contributed by atoms with Crippen LogP contribution in [0.2, 0.25) is 0 Å². The Morgan fingerprint density at radius 2 is 1.53 bits per heavy atom. The second-order valence-corrected chi connectivity index (χ2v) is 7.92. The van der Waals surface area contributed by atoms with Gasteiger partial charge in [-0.25, -0.2) is 0 Å². The monoisotopic (exact) mass is 409 g/mol. The fourth-order valence-electron chi connectivity index (χ4n) is 3.29. The molecule has 0 spiro atoms. The topological polar surface area (TPSA) is 70.2 Å².